The van der Waals surface area contributed by atoms with Crippen molar-refractivity contribution in [3.05, 3.63) is 42.2 Å². The lowest BCUT2D eigenvalue weighted by atomic mass is 9.81. The van der Waals surface area contributed by atoms with Gasteiger partial charge in [-0.05, 0) is 18.6 Å². The number of fused-ring (bicyclic) bond motifs is 1. The molecule has 2 saturated heterocycles. The minimum Gasteiger partial charge on any atom is -0.355 e. The first kappa shape index (κ1) is 22.9. The average molecular weight is 502 g/mol. The number of anilines is 1. The molecule has 0 radical (unpaired) electrons. The molecule has 5 rings (SSSR count). The molecule has 0 unspecified atom stereocenters. The molecule has 2 aliphatic rings. The Labute approximate surface area is 191 Å². The summed E-state index contributed by atoms with van der Waals surface area (Å²) in [4.78, 5) is 9.77. The van der Waals surface area contributed by atoms with Crippen molar-refractivity contribution in [1.82, 2.24) is 24.1 Å². The van der Waals surface area contributed by atoms with Gasteiger partial charge in [0.25, 0.3) is 6.43 Å². The summed E-state index contributed by atoms with van der Waals surface area (Å²) in [6.45, 7) is 0.491. The third kappa shape index (κ3) is 3.87. The maximum absolute atomic E-state index is 13.3. The SMILES string of the molecule is O=S(=O)(c1ccccc1C(F)(F)F)N1CC2(CCN(c3cnc4cnn(CC(F)F)c4n3)C2)C1. The summed E-state index contributed by atoms with van der Waals surface area (Å²) < 4.78 is 93.6. The molecule has 34 heavy (non-hydrogen) atoms. The summed E-state index contributed by atoms with van der Waals surface area (Å²) in [5.74, 6) is 0.448. The number of nitrogens with zero attached hydrogens (tertiary/aromatic N) is 6. The van der Waals surface area contributed by atoms with E-state index in [1.54, 1.807) is 0 Å². The van der Waals surface area contributed by atoms with Crippen LogP contribution >= 0.6 is 0 Å². The lowest BCUT2D eigenvalue weighted by Crippen LogP contribution is -2.59. The summed E-state index contributed by atoms with van der Waals surface area (Å²) in [7, 11) is -4.32. The van der Waals surface area contributed by atoms with Crippen molar-refractivity contribution in [3.8, 4) is 0 Å². The van der Waals surface area contributed by atoms with Gasteiger partial charge in [-0.3, -0.25) is 0 Å². The van der Waals surface area contributed by atoms with Gasteiger partial charge in [0.05, 0.1) is 22.9 Å². The van der Waals surface area contributed by atoms with Crippen molar-refractivity contribution in [3.63, 3.8) is 0 Å². The van der Waals surface area contributed by atoms with Crippen LogP contribution in [-0.4, -0.2) is 65.1 Å². The molecule has 0 bridgehead atoms. The van der Waals surface area contributed by atoms with Gasteiger partial charge in [-0.15, -0.1) is 0 Å². The van der Waals surface area contributed by atoms with E-state index in [0.29, 0.717) is 30.8 Å². The van der Waals surface area contributed by atoms with Crippen LogP contribution in [0.4, 0.5) is 27.8 Å². The lowest BCUT2D eigenvalue weighted by Gasteiger charge is -2.47. The maximum atomic E-state index is 13.3. The minimum absolute atomic E-state index is 0.0804. The second kappa shape index (κ2) is 7.83. The van der Waals surface area contributed by atoms with Crippen LogP contribution < -0.4 is 4.90 Å². The molecule has 0 atom stereocenters. The Hall–Kier alpha value is -2.87. The average Bonchev–Trinajstić information content (AvgIpc) is 3.36. The summed E-state index contributed by atoms with van der Waals surface area (Å²) in [6.07, 6.45) is -3.93. The second-order valence-electron chi connectivity index (χ2n) is 8.59. The number of aromatic nitrogens is 4. The Morgan fingerprint density at radius 2 is 1.82 bits per heavy atom. The third-order valence-corrected chi connectivity index (χ3v) is 8.09. The molecule has 3 aromatic rings. The van der Waals surface area contributed by atoms with Gasteiger partial charge in [-0.1, -0.05) is 12.1 Å². The molecule has 14 heteroatoms. The van der Waals surface area contributed by atoms with E-state index in [9.17, 15) is 30.4 Å². The fraction of sp³-hybridized carbons (Fsp3) is 0.450. The molecule has 4 heterocycles. The van der Waals surface area contributed by atoms with Crippen LogP contribution in [0.25, 0.3) is 11.2 Å². The molecule has 2 aliphatic heterocycles. The normalized spacial score (nSPS) is 18.8. The molecule has 8 nitrogen and oxygen atoms in total. The van der Waals surface area contributed by atoms with Gasteiger partial charge in [0.15, 0.2) is 5.65 Å². The van der Waals surface area contributed by atoms with Crippen LogP contribution in [0.3, 0.4) is 0 Å². The summed E-state index contributed by atoms with van der Waals surface area (Å²) in [6, 6.07) is 4.15. The zero-order valence-corrected chi connectivity index (χ0v) is 18.4. The molecular weight excluding hydrogens is 483 g/mol. The van der Waals surface area contributed by atoms with E-state index in [0.717, 1.165) is 27.2 Å². The number of sulfonamides is 1. The Kier molecular flexibility index (Phi) is 5.28. The van der Waals surface area contributed by atoms with Crippen molar-refractivity contribution >= 4 is 27.0 Å². The quantitative estimate of drug-likeness (QED) is 0.499. The Bertz CT molecular complexity index is 1340. The molecule has 0 saturated carbocycles. The summed E-state index contributed by atoms with van der Waals surface area (Å²) in [5, 5.41) is 3.89. The number of alkyl halides is 5. The van der Waals surface area contributed by atoms with E-state index in [1.165, 1.54) is 18.5 Å². The molecule has 0 N–H and O–H groups in total. The van der Waals surface area contributed by atoms with E-state index >= 15 is 0 Å². The van der Waals surface area contributed by atoms with Gasteiger partial charge in [0.2, 0.25) is 10.0 Å². The van der Waals surface area contributed by atoms with Crippen molar-refractivity contribution in [2.75, 3.05) is 31.1 Å². The fourth-order valence-electron chi connectivity index (χ4n) is 4.58. The van der Waals surface area contributed by atoms with E-state index in [4.69, 9.17) is 0 Å². The number of benzene rings is 1. The number of hydrogen-bond acceptors (Lipinski definition) is 6. The highest BCUT2D eigenvalue weighted by Gasteiger charge is 2.53. The molecule has 2 aromatic heterocycles. The first-order chi connectivity index (χ1) is 16.0. The molecule has 182 valence electrons. The third-order valence-electron chi connectivity index (χ3n) is 6.24. The fourth-order valence-corrected chi connectivity index (χ4v) is 6.46. The Morgan fingerprint density at radius 1 is 1.09 bits per heavy atom. The predicted octanol–water partition coefficient (Wildman–Crippen LogP) is 3.01. The van der Waals surface area contributed by atoms with Gasteiger partial charge in [-0.25, -0.2) is 31.8 Å². The first-order valence-electron chi connectivity index (χ1n) is 10.4. The summed E-state index contributed by atoms with van der Waals surface area (Å²) >= 11 is 0. The number of hydrogen-bond donors (Lipinski definition) is 0. The van der Waals surface area contributed by atoms with E-state index < -0.39 is 45.0 Å². The Morgan fingerprint density at radius 3 is 2.53 bits per heavy atom. The standard InChI is InChI=1S/C20H19F5N6O2S/c21-16(22)9-31-18-14(7-27-31)26-8-17(28-18)29-6-5-19(10-29)11-30(12-19)34(32,33)15-4-2-1-3-13(15)20(23,24)25/h1-4,7-8,16H,5-6,9-12H2. The first-order valence-corrected chi connectivity index (χ1v) is 11.8. The van der Waals surface area contributed by atoms with Crippen LogP contribution in [0.15, 0.2) is 41.6 Å². The summed E-state index contributed by atoms with van der Waals surface area (Å²) in [5.41, 5.74) is -1.02. The second-order valence-corrected chi connectivity index (χ2v) is 10.5. The smallest absolute Gasteiger partial charge is 0.355 e. The van der Waals surface area contributed by atoms with Crippen LogP contribution in [0.2, 0.25) is 0 Å². The van der Waals surface area contributed by atoms with Crippen LogP contribution in [0.1, 0.15) is 12.0 Å². The lowest BCUT2D eigenvalue weighted by molar-refractivity contribution is -0.140. The van der Waals surface area contributed by atoms with E-state index in [2.05, 4.69) is 15.1 Å². The monoisotopic (exact) mass is 502 g/mol. The number of rotatable bonds is 5. The zero-order valence-electron chi connectivity index (χ0n) is 17.6. The van der Waals surface area contributed by atoms with E-state index in [-0.39, 0.29) is 18.7 Å². The van der Waals surface area contributed by atoms with Crippen molar-refractivity contribution in [2.24, 2.45) is 5.41 Å². The highest BCUT2D eigenvalue weighted by atomic mass is 32.2. The van der Waals surface area contributed by atoms with Gasteiger partial charge >= 0.3 is 6.18 Å². The highest BCUT2D eigenvalue weighted by molar-refractivity contribution is 7.89. The molecule has 1 spiro atoms. The van der Waals surface area contributed by atoms with Crippen molar-refractivity contribution < 1.29 is 30.4 Å². The molecule has 1 aromatic carbocycles. The van der Waals surface area contributed by atoms with Crippen molar-refractivity contribution in [2.45, 2.75) is 30.5 Å². The van der Waals surface area contributed by atoms with Crippen LogP contribution in [-0.2, 0) is 22.7 Å². The molecule has 2 fully saturated rings. The highest BCUT2D eigenvalue weighted by Crippen LogP contribution is 2.44. The zero-order chi connectivity index (χ0) is 24.3. The molecule has 0 aliphatic carbocycles. The number of halogens is 5. The van der Waals surface area contributed by atoms with Crippen LogP contribution in [0, 0.1) is 5.41 Å². The Balaban J connectivity index is 1.33. The maximum Gasteiger partial charge on any atom is 0.417 e. The van der Waals surface area contributed by atoms with Gasteiger partial charge in [0.1, 0.15) is 17.9 Å². The predicted molar refractivity (Wildman–Crippen MR) is 111 cm³/mol. The van der Waals surface area contributed by atoms with Crippen LogP contribution in [0.5, 0.6) is 0 Å². The van der Waals surface area contributed by atoms with Crippen molar-refractivity contribution in [1.29, 1.82) is 0 Å². The minimum atomic E-state index is -4.79. The topological polar surface area (TPSA) is 84.2 Å². The van der Waals surface area contributed by atoms with Gasteiger partial charge < -0.3 is 4.90 Å². The van der Waals surface area contributed by atoms with Gasteiger partial charge in [-0.2, -0.15) is 22.6 Å². The van der Waals surface area contributed by atoms with E-state index in [1.807, 2.05) is 4.90 Å². The largest absolute Gasteiger partial charge is 0.417 e. The van der Waals surface area contributed by atoms with Gasteiger partial charge in [0, 0.05) is 31.6 Å². The molecule has 0 amide bonds. The molecular formula is C20H19F5N6O2S.